The summed E-state index contributed by atoms with van der Waals surface area (Å²) in [6, 6.07) is 15.1. The third-order valence-electron chi connectivity index (χ3n) is 4.49. The fraction of sp³-hybridized carbons (Fsp3) is 0.300. The van der Waals surface area contributed by atoms with Crippen molar-refractivity contribution in [2.75, 3.05) is 16.4 Å². The minimum atomic E-state index is -1.01. The molecule has 3 N–H and O–H groups in total. The maximum Gasteiger partial charge on any atom is 0.320 e. The van der Waals surface area contributed by atoms with Gasteiger partial charge in [0.1, 0.15) is 6.04 Å². The molecule has 2 aromatic carbocycles. The van der Waals surface area contributed by atoms with E-state index in [2.05, 4.69) is 12.1 Å². The maximum atomic E-state index is 13.0. The largest absolute Gasteiger partial charge is 0.480 e. The van der Waals surface area contributed by atoms with Crippen LogP contribution in [0.3, 0.4) is 0 Å². The number of nitrogens with two attached hydrogens (primary N) is 1. The highest BCUT2D eigenvalue weighted by Gasteiger charge is 2.25. The predicted molar refractivity (Wildman–Crippen MR) is 105 cm³/mol. The minimum absolute atomic E-state index is 0.000645. The zero-order valence-corrected chi connectivity index (χ0v) is 15.2. The van der Waals surface area contributed by atoms with Gasteiger partial charge in [0.25, 0.3) is 0 Å². The van der Waals surface area contributed by atoms with Crippen molar-refractivity contribution in [3.05, 3.63) is 59.7 Å². The Labute approximate surface area is 157 Å². The summed E-state index contributed by atoms with van der Waals surface area (Å²) >= 11 is 1.42. The molecule has 1 heterocycles. The molecule has 1 aliphatic heterocycles. The lowest BCUT2D eigenvalue weighted by Crippen LogP contribution is -2.31. The smallest absolute Gasteiger partial charge is 0.320 e. The second-order valence-corrected chi connectivity index (χ2v) is 7.38. The lowest BCUT2D eigenvalue weighted by atomic mass is 10.0. The van der Waals surface area contributed by atoms with Crippen molar-refractivity contribution in [3.8, 4) is 0 Å². The Kier molecular flexibility index (Phi) is 5.96. The van der Waals surface area contributed by atoms with Crippen LogP contribution in [-0.2, 0) is 22.4 Å². The lowest BCUT2D eigenvalue weighted by molar-refractivity contribution is -0.138. The number of carboxylic acids is 1. The zero-order chi connectivity index (χ0) is 18.5. The van der Waals surface area contributed by atoms with Crippen molar-refractivity contribution >= 4 is 35.0 Å². The van der Waals surface area contributed by atoms with E-state index in [-0.39, 0.29) is 11.7 Å². The molecule has 5 nitrogen and oxygen atoms in total. The number of rotatable bonds is 6. The van der Waals surface area contributed by atoms with E-state index in [0.717, 1.165) is 35.3 Å². The third kappa shape index (κ3) is 4.08. The van der Waals surface area contributed by atoms with Crippen molar-refractivity contribution < 1.29 is 14.7 Å². The number of benzene rings is 2. The summed E-state index contributed by atoms with van der Waals surface area (Å²) in [7, 11) is 0. The molecule has 1 amide bonds. The van der Waals surface area contributed by atoms with Crippen LogP contribution in [0.25, 0.3) is 0 Å². The molecule has 0 radical (unpaired) electrons. The first kappa shape index (κ1) is 18.5. The second kappa shape index (κ2) is 8.38. The Hall–Kier alpha value is -2.31. The van der Waals surface area contributed by atoms with Crippen molar-refractivity contribution in [2.24, 2.45) is 5.73 Å². The topological polar surface area (TPSA) is 83.6 Å². The molecule has 0 unspecified atom stereocenters. The van der Waals surface area contributed by atoms with E-state index in [9.17, 15) is 9.59 Å². The van der Waals surface area contributed by atoms with Gasteiger partial charge in [-0.3, -0.25) is 14.5 Å². The van der Waals surface area contributed by atoms with E-state index >= 15 is 0 Å². The number of para-hydroxylation sites is 2. The van der Waals surface area contributed by atoms with Crippen molar-refractivity contribution in [1.29, 1.82) is 0 Å². The second-order valence-electron chi connectivity index (χ2n) is 6.27. The van der Waals surface area contributed by atoms with Gasteiger partial charge in [0.2, 0.25) is 5.91 Å². The maximum absolute atomic E-state index is 13.0. The fourth-order valence-electron chi connectivity index (χ4n) is 3.11. The SMILES string of the molecule is N[C@@H](CCSCC(=O)N1c2ccccc2CCc2ccccc21)C(=O)O. The van der Waals surface area contributed by atoms with Gasteiger partial charge in [-0.2, -0.15) is 11.8 Å². The number of hydrogen-bond donors (Lipinski definition) is 2. The summed E-state index contributed by atoms with van der Waals surface area (Å²) in [6.45, 7) is 0. The summed E-state index contributed by atoms with van der Waals surface area (Å²) in [5.74, 6) is -0.182. The number of fused-ring (bicyclic) bond motifs is 2. The van der Waals surface area contributed by atoms with Gasteiger partial charge in [0.15, 0.2) is 0 Å². The molecule has 26 heavy (non-hydrogen) atoms. The normalized spacial score (nSPS) is 14.1. The first-order valence-electron chi connectivity index (χ1n) is 8.63. The molecular weight excluding hydrogens is 348 g/mol. The van der Waals surface area contributed by atoms with Gasteiger partial charge in [-0.25, -0.2) is 0 Å². The van der Waals surface area contributed by atoms with Gasteiger partial charge in [0, 0.05) is 0 Å². The number of aryl methyl sites for hydroxylation is 2. The number of nitrogens with zero attached hydrogens (tertiary/aromatic N) is 1. The van der Waals surface area contributed by atoms with Crippen LogP contribution in [-0.4, -0.2) is 34.5 Å². The molecular formula is C20H22N2O3S. The van der Waals surface area contributed by atoms with Crippen LogP contribution < -0.4 is 10.6 Å². The van der Waals surface area contributed by atoms with Crippen LogP contribution in [0, 0.1) is 0 Å². The zero-order valence-electron chi connectivity index (χ0n) is 14.4. The number of amides is 1. The summed E-state index contributed by atoms with van der Waals surface area (Å²) < 4.78 is 0. The van der Waals surface area contributed by atoms with Gasteiger partial charge >= 0.3 is 5.97 Å². The first-order valence-corrected chi connectivity index (χ1v) is 9.78. The molecule has 6 heteroatoms. The number of aliphatic carboxylic acids is 1. The number of thioether (sulfide) groups is 1. The summed E-state index contributed by atoms with van der Waals surface area (Å²) in [4.78, 5) is 25.6. The van der Waals surface area contributed by atoms with Crippen LogP contribution in [0.4, 0.5) is 11.4 Å². The molecule has 0 fully saturated rings. The van der Waals surface area contributed by atoms with Gasteiger partial charge in [-0.1, -0.05) is 36.4 Å². The summed E-state index contributed by atoms with van der Waals surface area (Å²) in [5, 5.41) is 8.83. The molecule has 0 saturated heterocycles. The first-order chi connectivity index (χ1) is 12.6. The van der Waals surface area contributed by atoms with Crippen LogP contribution in [0.5, 0.6) is 0 Å². The Morgan fingerprint density at radius 2 is 1.58 bits per heavy atom. The molecule has 0 aromatic heterocycles. The number of carbonyl (C=O) groups is 2. The summed E-state index contributed by atoms with van der Waals surface area (Å²) in [6.07, 6.45) is 2.15. The highest BCUT2D eigenvalue weighted by Crippen LogP contribution is 2.36. The van der Waals surface area contributed by atoms with Gasteiger partial charge in [0.05, 0.1) is 17.1 Å². The molecule has 3 rings (SSSR count). The average Bonchev–Trinajstić information content (AvgIpc) is 2.81. The molecule has 2 aromatic rings. The Morgan fingerprint density at radius 3 is 2.12 bits per heavy atom. The molecule has 0 aliphatic carbocycles. The molecule has 136 valence electrons. The Balaban J connectivity index is 1.77. The van der Waals surface area contributed by atoms with E-state index in [4.69, 9.17) is 10.8 Å². The molecule has 1 aliphatic rings. The minimum Gasteiger partial charge on any atom is -0.480 e. The highest BCUT2D eigenvalue weighted by atomic mass is 32.2. The molecule has 0 spiro atoms. The third-order valence-corrected chi connectivity index (χ3v) is 5.47. The lowest BCUT2D eigenvalue weighted by Gasteiger charge is -2.25. The van der Waals surface area contributed by atoms with E-state index in [0.29, 0.717) is 12.2 Å². The van der Waals surface area contributed by atoms with E-state index in [1.807, 2.05) is 41.3 Å². The van der Waals surface area contributed by atoms with E-state index < -0.39 is 12.0 Å². The van der Waals surface area contributed by atoms with Crippen LogP contribution >= 0.6 is 11.8 Å². The number of hydrogen-bond acceptors (Lipinski definition) is 4. The summed E-state index contributed by atoms with van der Waals surface area (Å²) in [5.41, 5.74) is 9.71. The van der Waals surface area contributed by atoms with Crippen LogP contribution in [0.15, 0.2) is 48.5 Å². The average molecular weight is 370 g/mol. The Morgan fingerprint density at radius 1 is 1.04 bits per heavy atom. The number of carbonyl (C=O) groups excluding carboxylic acids is 1. The van der Waals surface area contributed by atoms with E-state index in [1.165, 1.54) is 11.8 Å². The number of carboxylic acid groups (broad SMARTS) is 1. The molecule has 0 bridgehead atoms. The fourth-order valence-corrected chi connectivity index (χ4v) is 3.98. The van der Waals surface area contributed by atoms with Gasteiger partial charge < -0.3 is 10.8 Å². The van der Waals surface area contributed by atoms with Crippen LogP contribution in [0.1, 0.15) is 17.5 Å². The quantitative estimate of drug-likeness (QED) is 0.764. The molecule has 1 atom stereocenters. The van der Waals surface area contributed by atoms with Crippen LogP contribution in [0.2, 0.25) is 0 Å². The van der Waals surface area contributed by atoms with Crippen molar-refractivity contribution in [2.45, 2.75) is 25.3 Å². The van der Waals surface area contributed by atoms with Gasteiger partial charge in [-0.05, 0) is 48.3 Å². The number of anilines is 2. The standard InChI is InChI=1S/C20H22N2O3S/c21-16(20(24)25)11-12-26-13-19(23)22-17-7-3-1-5-14(17)9-10-15-6-2-4-8-18(15)22/h1-8,16H,9-13,21H2,(H,24,25)/t16-/m0/s1. The monoisotopic (exact) mass is 370 g/mol. The van der Waals surface area contributed by atoms with Crippen molar-refractivity contribution in [3.63, 3.8) is 0 Å². The van der Waals surface area contributed by atoms with Crippen molar-refractivity contribution in [1.82, 2.24) is 0 Å². The Bertz CT molecular complexity index is 762. The highest BCUT2D eigenvalue weighted by molar-refractivity contribution is 7.99. The van der Waals surface area contributed by atoms with E-state index in [1.54, 1.807) is 0 Å². The molecule has 0 saturated carbocycles. The predicted octanol–water partition coefficient (Wildman–Crippen LogP) is 2.99. The van der Waals surface area contributed by atoms with Gasteiger partial charge in [-0.15, -0.1) is 0 Å².